The van der Waals surface area contributed by atoms with Crippen molar-refractivity contribution in [3.63, 3.8) is 0 Å². The minimum atomic E-state index is -0.238. The molecule has 1 aromatic carbocycles. The van der Waals surface area contributed by atoms with Gasteiger partial charge in [0.25, 0.3) is 5.91 Å². The highest BCUT2D eigenvalue weighted by atomic mass is 16.5. The topological polar surface area (TPSA) is 76.4 Å². The summed E-state index contributed by atoms with van der Waals surface area (Å²) >= 11 is 0. The molecule has 0 bridgehead atoms. The predicted molar refractivity (Wildman–Crippen MR) is 97.4 cm³/mol. The lowest BCUT2D eigenvalue weighted by Crippen LogP contribution is -2.29. The lowest BCUT2D eigenvalue weighted by molar-refractivity contribution is 0.0937. The van der Waals surface area contributed by atoms with E-state index in [9.17, 15) is 4.79 Å². The van der Waals surface area contributed by atoms with Gasteiger partial charge >= 0.3 is 0 Å². The first kappa shape index (κ1) is 19.0. The van der Waals surface area contributed by atoms with Crippen LogP contribution in [0.1, 0.15) is 43.9 Å². The average molecular weight is 345 g/mol. The summed E-state index contributed by atoms with van der Waals surface area (Å²) in [5, 5.41) is 16.4. The van der Waals surface area contributed by atoms with Crippen molar-refractivity contribution >= 4 is 5.91 Å². The molecule has 0 aliphatic heterocycles. The molecular formula is C19H27N3O3. The molecule has 0 radical (unpaired) electrons. The largest absolute Gasteiger partial charge is 0.497 e. The molecule has 1 unspecified atom stereocenters. The third-order valence-corrected chi connectivity index (χ3v) is 3.95. The van der Waals surface area contributed by atoms with Gasteiger partial charge in [-0.2, -0.15) is 5.10 Å². The summed E-state index contributed by atoms with van der Waals surface area (Å²) in [6.07, 6.45) is 0. The van der Waals surface area contributed by atoms with E-state index in [2.05, 4.69) is 31.2 Å². The second kappa shape index (κ2) is 7.70. The molecular weight excluding hydrogens is 318 g/mol. The number of benzene rings is 1. The van der Waals surface area contributed by atoms with Crippen LogP contribution in [0.15, 0.2) is 30.3 Å². The van der Waals surface area contributed by atoms with E-state index < -0.39 is 0 Å². The maximum atomic E-state index is 12.4. The zero-order chi connectivity index (χ0) is 18.6. The highest BCUT2D eigenvalue weighted by Gasteiger charge is 2.24. The monoisotopic (exact) mass is 345 g/mol. The Labute approximate surface area is 148 Å². The van der Waals surface area contributed by atoms with E-state index in [1.165, 1.54) is 0 Å². The fraction of sp³-hybridized carbons (Fsp3) is 0.474. The van der Waals surface area contributed by atoms with Crippen LogP contribution in [0.5, 0.6) is 5.75 Å². The molecule has 0 fully saturated rings. The highest BCUT2D eigenvalue weighted by Crippen LogP contribution is 2.26. The number of aliphatic hydroxyl groups excluding tert-OH is 1. The quantitative estimate of drug-likeness (QED) is 0.843. The Kier molecular flexibility index (Phi) is 5.85. The number of aromatic nitrogens is 2. The Hall–Kier alpha value is -2.34. The molecule has 0 saturated heterocycles. The normalized spacial score (nSPS) is 12.7. The van der Waals surface area contributed by atoms with Gasteiger partial charge in [-0.15, -0.1) is 0 Å². The molecule has 136 valence electrons. The maximum Gasteiger partial charge on any atom is 0.271 e. The number of methoxy groups -OCH3 is 1. The lowest BCUT2D eigenvalue weighted by Gasteiger charge is -2.20. The van der Waals surface area contributed by atoms with Crippen molar-refractivity contribution < 1.29 is 14.6 Å². The summed E-state index contributed by atoms with van der Waals surface area (Å²) in [4.78, 5) is 12.4. The summed E-state index contributed by atoms with van der Waals surface area (Å²) in [6.45, 7) is 8.57. The summed E-state index contributed by atoms with van der Waals surface area (Å²) in [6, 6.07) is 9.38. The Bertz CT molecular complexity index is 715. The van der Waals surface area contributed by atoms with E-state index in [0.29, 0.717) is 12.2 Å². The highest BCUT2D eigenvalue weighted by molar-refractivity contribution is 5.92. The smallest absolute Gasteiger partial charge is 0.271 e. The molecule has 0 aliphatic carbocycles. The number of rotatable bonds is 6. The number of carbonyl (C=O) groups is 1. The maximum absolute atomic E-state index is 12.4. The molecule has 2 rings (SSSR count). The van der Waals surface area contributed by atoms with E-state index in [1.54, 1.807) is 11.8 Å². The van der Waals surface area contributed by atoms with Crippen LogP contribution >= 0.6 is 0 Å². The number of nitrogens with zero attached hydrogens (tertiary/aromatic N) is 2. The molecule has 0 saturated carbocycles. The van der Waals surface area contributed by atoms with Crippen LogP contribution in [0.25, 0.3) is 5.69 Å². The van der Waals surface area contributed by atoms with E-state index in [0.717, 1.165) is 17.1 Å². The van der Waals surface area contributed by atoms with Crippen molar-refractivity contribution in [1.29, 1.82) is 0 Å². The molecule has 1 aromatic heterocycles. The SMILES string of the molecule is COc1ccc(-n2nc(C(=O)NCC(C)CO)cc2C(C)(C)C)cc1. The molecule has 0 spiro atoms. The molecule has 6 nitrogen and oxygen atoms in total. The van der Waals surface area contributed by atoms with E-state index in [4.69, 9.17) is 9.84 Å². The molecule has 1 amide bonds. The van der Waals surface area contributed by atoms with Gasteiger partial charge in [-0.3, -0.25) is 4.79 Å². The van der Waals surface area contributed by atoms with Crippen molar-refractivity contribution in [3.8, 4) is 11.4 Å². The summed E-state index contributed by atoms with van der Waals surface area (Å²) in [5.74, 6) is 0.539. The first-order valence-electron chi connectivity index (χ1n) is 8.40. The average Bonchev–Trinajstić information content (AvgIpc) is 3.05. The van der Waals surface area contributed by atoms with Crippen molar-refractivity contribution in [2.24, 2.45) is 5.92 Å². The predicted octanol–water partition coefficient (Wildman–Crippen LogP) is 2.54. The van der Waals surface area contributed by atoms with Gasteiger partial charge in [0.15, 0.2) is 5.69 Å². The third kappa shape index (κ3) is 4.60. The summed E-state index contributed by atoms with van der Waals surface area (Å²) in [5.41, 5.74) is 2.00. The van der Waals surface area contributed by atoms with Gasteiger partial charge < -0.3 is 15.2 Å². The van der Waals surface area contributed by atoms with Crippen LogP contribution in [-0.4, -0.2) is 41.1 Å². The fourth-order valence-electron chi connectivity index (χ4n) is 2.37. The van der Waals surface area contributed by atoms with Crippen LogP contribution in [0.4, 0.5) is 0 Å². The van der Waals surface area contributed by atoms with Crippen molar-refractivity contribution in [1.82, 2.24) is 15.1 Å². The molecule has 2 N–H and O–H groups in total. The van der Waals surface area contributed by atoms with Crippen LogP contribution in [0.3, 0.4) is 0 Å². The van der Waals surface area contributed by atoms with E-state index >= 15 is 0 Å². The Morgan fingerprint density at radius 1 is 1.32 bits per heavy atom. The Morgan fingerprint density at radius 3 is 2.48 bits per heavy atom. The number of aliphatic hydroxyl groups is 1. The van der Waals surface area contributed by atoms with E-state index in [-0.39, 0.29) is 23.8 Å². The lowest BCUT2D eigenvalue weighted by atomic mass is 9.91. The zero-order valence-corrected chi connectivity index (χ0v) is 15.5. The van der Waals surface area contributed by atoms with Crippen LogP contribution in [-0.2, 0) is 5.41 Å². The summed E-state index contributed by atoms with van der Waals surface area (Å²) in [7, 11) is 1.62. The molecule has 1 heterocycles. The standard InChI is InChI=1S/C19H27N3O3/c1-13(12-23)11-20-18(24)16-10-17(19(2,3)4)22(21-16)14-6-8-15(25-5)9-7-14/h6-10,13,23H,11-12H2,1-5H3,(H,20,24). The zero-order valence-electron chi connectivity index (χ0n) is 15.5. The van der Waals surface area contributed by atoms with Crippen molar-refractivity contribution in [3.05, 3.63) is 41.7 Å². The number of hydrogen-bond donors (Lipinski definition) is 2. The van der Waals surface area contributed by atoms with Gasteiger partial charge in [-0.05, 0) is 36.2 Å². The van der Waals surface area contributed by atoms with Crippen LogP contribution < -0.4 is 10.1 Å². The number of amides is 1. The molecule has 0 aliphatic rings. The second-order valence-corrected chi connectivity index (χ2v) is 7.27. The van der Waals surface area contributed by atoms with Gasteiger partial charge in [-0.25, -0.2) is 4.68 Å². The van der Waals surface area contributed by atoms with Crippen molar-refractivity contribution in [2.75, 3.05) is 20.3 Å². The Morgan fingerprint density at radius 2 is 1.96 bits per heavy atom. The molecule has 25 heavy (non-hydrogen) atoms. The van der Waals surface area contributed by atoms with Gasteiger partial charge in [-0.1, -0.05) is 27.7 Å². The first-order chi connectivity index (χ1) is 11.8. The van der Waals surface area contributed by atoms with E-state index in [1.807, 2.05) is 37.3 Å². The van der Waals surface area contributed by atoms with Crippen LogP contribution in [0.2, 0.25) is 0 Å². The van der Waals surface area contributed by atoms with Crippen molar-refractivity contribution in [2.45, 2.75) is 33.1 Å². The first-order valence-corrected chi connectivity index (χ1v) is 8.40. The minimum Gasteiger partial charge on any atom is -0.497 e. The second-order valence-electron chi connectivity index (χ2n) is 7.27. The number of hydrogen-bond acceptors (Lipinski definition) is 4. The van der Waals surface area contributed by atoms with Gasteiger partial charge in [0, 0.05) is 18.6 Å². The number of carbonyl (C=O) groups excluding carboxylic acids is 1. The molecule has 2 aromatic rings. The van der Waals surface area contributed by atoms with Gasteiger partial charge in [0.05, 0.1) is 18.5 Å². The Balaban J connectivity index is 2.35. The van der Waals surface area contributed by atoms with Gasteiger partial charge in [0.1, 0.15) is 5.75 Å². The fourth-order valence-corrected chi connectivity index (χ4v) is 2.37. The minimum absolute atomic E-state index is 0.00899. The molecule has 6 heteroatoms. The number of ether oxygens (including phenoxy) is 1. The van der Waals surface area contributed by atoms with Gasteiger partial charge in [0.2, 0.25) is 0 Å². The number of nitrogens with one attached hydrogen (secondary N) is 1. The third-order valence-electron chi connectivity index (χ3n) is 3.95. The summed E-state index contributed by atoms with van der Waals surface area (Å²) < 4.78 is 6.99. The van der Waals surface area contributed by atoms with Crippen LogP contribution in [0, 0.1) is 5.92 Å². The molecule has 1 atom stereocenters.